The first-order chi connectivity index (χ1) is 8.66. The predicted molar refractivity (Wildman–Crippen MR) is 76.4 cm³/mol. The number of hydrogen-bond donors (Lipinski definition) is 0. The molecule has 2 rings (SSSR count). The quantitative estimate of drug-likeness (QED) is 0.625. The summed E-state index contributed by atoms with van der Waals surface area (Å²) in [5.41, 5.74) is 1.83. The van der Waals surface area contributed by atoms with Crippen molar-refractivity contribution in [3.63, 3.8) is 0 Å². The van der Waals surface area contributed by atoms with Crippen molar-refractivity contribution in [1.29, 1.82) is 0 Å². The minimum atomic E-state index is -1.11. The van der Waals surface area contributed by atoms with Gasteiger partial charge in [-0.25, -0.2) is 0 Å². The highest BCUT2D eigenvalue weighted by molar-refractivity contribution is 6.49. The third-order valence-electron chi connectivity index (χ3n) is 2.42. The molecule has 0 atom stereocenters. The fourth-order valence-electron chi connectivity index (χ4n) is 1.56. The Balaban J connectivity index is 2.23. The second kappa shape index (κ2) is 5.64. The Bertz CT molecular complexity index is 549. The maximum absolute atomic E-state index is 5.85. The molecule has 2 aromatic rings. The number of hydrogen-bond acceptors (Lipinski definition) is 3. The number of rotatable bonds is 4. The molecule has 0 bridgehead atoms. The van der Waals surface area contributed by atoms with Crippen molar-refractivity contribution in [2.45, 2.75) is 13.1 Å². The average molecular weight is 259 g/mol. The number of nitrogens with zero attached hydrogens (tertiary/aromatic N) is 3. The van der Waals surface area contributed by atoms with Crippen LogP contribution in [0.25, 0.3) is 0 Å². The normalized spacial score (nSPS) is 11.3. The molecule has 94 valence electrons. The minimum absolute atomic E-state index is 0.859. The lowest BCUT2D eigenvalue weighted by molar-refractivity contribution is 0.582. The number of benzene rings is 1. The Hall–Kier alpha value is -1.88. The second-order valence-corrected chi connectivity index (χ2v) is 6.61. The molecule has 0 aliphatic carbocycles. The van der Waals surface area contributed by atoms with E-state index in [1.165, 1.54) is 0 Å². The van der Waals surface area contributed by atoms with E-state index in [0.29, 0.717) is 0 Å². The van der Waals surface area contributed by atoms with Crippen LogP contribution in [0.5, 0.6) is 5.75 Å². The van der Waals surface area contributed by atoms with E-state index in [9.17, 15) is 0 Å². The van der Waals surface area contributed by atoms with Crippen LogP contribution in [0, 0.1) is 0 Å². The summed E-state index contributed by atoms with van der Waals surface area (Å²) >= 11 is 0. The summed E-state index contributed by atoms with van der Waals surface area (Å²) in [6.07, 6.45) is 3.56. The van der Waals surface area contributed by atoms with Crippen molar-refractivity contribution >= 4 is 20.9 Å². The van der Waals surface area contributed by atoms with E-state index in [-0.39, 0.29) is 0 Å². The molecule has 1 aromatic carbocycles. The van der Waals surface area contributed by atoms with Gasteiger partial charge in [0.15, 0.2) is 0 Å². The molecule has 1 heterocycles. The summed E-state index contributed by atoms with van der Waals surface area (Å²) < 4.78 is 7.63. The van der Waals surface area contributed by atoms with E-state index >= 15 is 0 Å². The van der Waals surface area contributed by atoms with Crippen LogP contribution in [0.3, 0.4) is 0 Å². The van der Waals surface area contributed by atoms with Crippen molar-refractivity contribution in [2.24, 2.45) is 12.0 Å². The van der Waals surface area contributed by atoms with Crippen LogP contribution in [-0.2, 0) is 7.05 Å². The lowest BCUT2D eigenvalue weighted by Gasteiger charge is -2.11. The van der Waals surface area contributed by atoms with E-state index in [4.69, 9.17) is 4.43 Å². The number of aryl methyl sites for hydroxylation is 1. The van der Waals surface area contributed by atoms with Crippen molar-refractivity contribution < 1.29 is 4.43 Å². The van der Waals surface area contributed by atoms with Crippen LogP contribution in [-0.4, -0.2) is 25.0 Å². The van der Waals surface area contributed by atoms with Crippen LogP contribution in [0.2, 0.25) is 13.1 Å². The summed E-state index contributed by atoms with van der Waals surface area (Å²) in [4.78, 5) is 4.47. The molecule has 0 saturated heterocycles. The van der Waals surface area contributed by atoms with Gasteiger partial charge in [-0.05, 0) is 31.3 Å². The first-order valence-electron chi connectivity index (χ1n) is 5.94. The molecule has 1 aromatic heterocycles. The largest absolute Gasteiger partial charge is 0.546 e. The molecule has 0 amide bonds. The van der Waals surface area contributed by atoms with Crippen molar-refractivity contribution in [3.8, 4) is 5.75 Å². The molecule has 0 N–H and O–H groups in total. The standard InChI is InChI=1S/C13H17N3OSi/c1-16-11(8-9-15-16)10-14-12-6-4-5-7-13(12)17-18(2)3/h4-10,18H,1-3H3. The summed E-state index contributed by atoms with van der Waals surface area (Å²) in [5, 5.41) is 4.10. The van der Waals surface area contributed by atoms with E-state index in [1.54, 1.807) is 17.1 Å². The fourth-order valence-corrected chi connectivity index (χ4v) is 2.27. The van der Waals surface area contributed by atoms with E-state index < -0.39 is 9.04 Å². The topological polar surface area (TPSA) is 39.4 Å². The molecule has 0 unspecified atom stereocenters. The SMILES string of the molecule is Cn1nccc1C=Nc1ccccc1O[SiH](C)C. The second-order valence-electron chi connectivity index (χ2n) is 4.27. The molecule has 0 aliphatic rings. The highest BCUT2D eigenvalue weighted by atomic mass is 28.3. The van der Waals surface area contributed by atoms with E-state index in [0.717, 1.165) is 17.1 Å². The summed E-state index contributed by atoms with van der Waals surface area (Å²) in [6, 6.07) is 9.77. The molecule has 4 nitrogen and oxygen atoms in total. The third kappa shape index (κ3) is 3.07. The summed E-state index contributed by atoms with van der Waals surface area (Å²) in [7, 11) is 0.781. The van der Waals surface area contributed by atoms with Crippen LogP contribution in [0.4, 0.5) is 5.69 Å². The zero-order chi connectivity index (χ0) is 13.0. The molecular formula is C13H17N3OSi. The minimum Gasteiger partial charge on any atom is -0.546 e. The van der Waals surface area contributed by atoms with Gasteiger partial charge in [0.25, 0.3) is 0 Å². The number of aromatic nitrogens is 2. The van der Waals surface area contributed by atoms with Crippen LogP contribution >= 0.6 is 0 Å². The van der Waals surface area contributed by atoms with Crippen LogP contribution < -0.4 is 4.43 Å². The molecule has 0 spiro atoms. The van der Waals surface area contributed by atoms with Crippen LogP contribution in [0.15, 0.2) is 41.5 Å². The number of aliphatic imine (C=N–C) groups is 1. The van der Waals surface area contributed by atoms with Crippen molar-refractivity contribution in [2.75, 3.05) is 0 Å². The van der Waals surface area contributed by atoms with Gasteiger partial charge in [0.2, 0.25) is 9.04 Å². The Labute approximate surface area is 109 Å². The van der Waals surface area contributed by atoms with Gasteiger partial charge in [0, 0.05) is 13.2 Å². The van der Waals surface area contributed by atoms with Crippen molar-refractivity contribution in [1.82, 2.24) is 9.78 Å². The zero-order valence-corrected chi connectivity index (χ0v) is 12.0. The van der Waals surface area contributed by atoms with Gasteiger partial charge in [-0.1, -0.05) is 12.1 Å². The molecule has 0 aliphatic heterocycles. The van der Waals surface area contributed by atoms with Gasteiger partial charge in [-0.3, -0.25) is 9.67 Å². The highest BCUT2D eigenvalue weighted by Crippen LogP contribution is 2.27. The van der Waals surface area contributed by atoms with E-state index in [2.05, 4.69) is 23.2 Å². The zero-order valence-electron chi connectivity index (χ0n) is 10.9. The Morgan fingerprint density at radius 2 is 2.06 bits per heavy atom. The smallest absolute Gasteiger partial charge is 0.229 e. The Kier molecular flexibility index (Phi) is 3.94. The van der Waals surface area contributed by atoms with Gasteiger partial charge < -0.3 is 4.43 Å². The molecule has 0 saturated carbocycles. The van der Waals surface area contributed by atoms with Crippen LogP contribution in [0.1, 0.15) is 5.69 Å². The summed E-state index contributed by atoms with van der Waals surface area (Å²) in [6.45, 7) is 4.28. The lowest BCUT2D eigenvalue weighted by Crippen LogP contribution is -2.11. The molecule has 0 fully saturated rings. The van der Waals surface area contributed by atoms with Gasteiger partial charge >= 0.3 is 0 Å². The Morgan fingerprint density at radius 1 is 1.28 bits per heavy atom. The van der Waals surface area contributed by atoms with Gasteiger partial charge in [-0.15, -0.1) is 0 Å². The monoisotopic (exact) mass is 259 g/mol. The highest BCUT2D eigenvalue weighted by Gasteiger charge is 2.04. The maximum atomic E-state index is 5.85. The molecular weight excluding hydrogens is 242 g/mol. The van der Waals surface area contributed by atoms with E-state index in [1.807, 2.05) is 37.4 Å². The lowest BCUT2D eigenvalue weighted by atomic mass is 10.3. The number of para-hydroxylation sites is 2. The Morgan fingerprint density at radius 3 is 2.72 bits per heavy atom. The predicted octanol–water partition coefficient (Wildman–Crippen LogP) is 2.53. The fraction of sp³-hybridized carbons (Fsp3) is 0.231. The molecule has 5 heteroatoms. The molecule has 18 heavy (non-hydrogen) atoms. The van der Waals surface area contributed by atoms with Gasteiger partial charge in [0.05, 0.1) is 11.9 Å². The van der Waals surface area contributed by atoms with Gasteiger partial charge in [-0.2, -0.15) is 5.10 Å². The van der Waals surface area contributed by atoms with Crippen molar-refractivity contribution in [3.05, 3.63) is 42.2 Å². The first kappa shape index (κ1) is 12.6. The molecule has 0 radical (unpaired) electrons. The van der Waals surface area contributed by atoms with Gasteiger partial charge in [0.1, 0.15) is 11.4 Å². The average Bonchev–Trinajstić information content (AvgIpc) is 2.73. The third-order valence-corrected chi connectivity index (χ3v) is 3.15. The summed E-state index contributed by atoms with van der Waals surface area (Å²) in [5.74, 6) is 0.859. The first-order valence-corrected chi connectivity index (χ1v) is 8.72. The maximum Gasteiger partial charge on any atom is 0.229 e.